The molecular formula is C31H38ClN7O7. The minimum Gasteiger partial charge on any atom is -0.493 e. The molecule has 15 heteroatoms. The summed E-state index contributed by atoms with van der Waals surface area (Å²) in [6, 6.07) is 13.0. The van der Waals surface area contributed by atoms with Crippen molar-refractivity contribution in [1.82, 2.24) is 9.80 Å². The summed E-state index contributed by atoms with van der Waals surface area (Å²) in [4.78, 5) is 44.9. The van der Waals surface area contributed by atoms with Gasteiger partial charge in [0.1, 0.15) is 0 Å². The number of hydrogen-bond donors (Lipinski definition) is 3. The van der Waals surface area contributed by atoms with Crippen LogP contribution in [-0.2, 0) is 13.1 Å². The number of benzene rings is 3. The van der Waals surface area contributed by atoms with Crippen molar-refractivity contribution in [3.8, 4) is 17.2 Å². The van der Waals surface area contributed by atoms with Gasteiger partial charge in [-0.1, -0.05) is 18.2 Å². The molecule has 4 rings (SSSR count). The van der Waals surface area contributed by atoms with E-state index in [1.807, 2.05) is 12.1 Å². The number of halogens is 1. The van der Waals surface area contributed by atoms with E-state index in [-0.39, 0.29) is 40.7 Å². The Morgan fingerprint density at radius 3 is 2.09 bits per heavy atom. The number of piperazine rings is 1. The molecule has 5 N–H and O–H groups in total. The molecule has 0 aromatic heterocycles. The minimum atomic E-state index is -0.664. The highest BCUT2D eigenvalue weighted by molar-refractivity contribution is 6.07. The summed E-state index contributed by atoms with van der Waals surface area (Å²) in [5, 5.41) is 14.3. The summed E-state index contributed by atoms with van der Waals surface area (Å²) in [5.41, 5.74) is 13.3. The van der Waals surface area contributed by atoms with Crippen LogP contribution in [0.4, 0.5) is 11.4 Å². The topological polar surface area (TPSA) is 188 Å². The lowest BCUT2D eigenvalue weighted by molar-refractivity contribution is -0.385. The number of ether oxygens (including phenoxy) is 3. The summed E-state index contributed by atoms with van der Waals surface area (Å²) in [6.07, 6.45) is 0. The molecule has 0 unspecified atom stereocenters. The Balaban J connectivity index is 0.00000576. The number of methoxy groups -OCH3 is 3. The van der Waals surface area contributed by atoms with Crippen molar-refractivity contribution in [2.45, 2.75) is 20.0 Å². The van der Waals surface area contributed by atoms with Crippen molar-refractivity contribution < 1.29 is 28.7 Å². The lowest BCUT2D eigenvalue weighted by Crippen LogP contribution is -2.45. The number of anilines is 1. The first-order chi connectivity index (χ1) is 21.6. The Bertz CT molecular complexity index is 1620. The van der Waals surface area contributed by atoms with E-state index >= 15 is 0 Å². The van der Waals surface area contributed by atoms with Crippen molar-refractivity contribution in [1.29, 1.82) is 0 Å². The van der Waals surface area contributed by atoms with Crippen LogP contribution in [0.15, 0.2) is 53.5 Å². The number of amides is 2. The molecule has 14 nitrogen and oxygen atoms in total. The molecule has 1 heterocycles. The molecule has 2 amide bonds. The van der Waals surface area contributed by atoms with Crippen LogP contribution in [0.25, 0.3) is 0 Å². The molecule has 1 aliphatic heterocycles. The Kier molecular flexibility index (Phi) is 12.3. The molecule has 0 bridgehead atoms. The number of nitrogens with two attached hydrogens (primary N) is 2. The highest BCUT2D eigenvalue weighted by Crippen LogP contribution is 2.40. The highest BCUT2D eigenvalue weighted by atomic mass is 35.5. The Morgan fingerprint density at radius 1 is 0.913 bits per heavy atom. The predicted octanol–water partition coefficient (Wildman–Crippen LogP) is 3.33. The highest BCUT2D eigenvalue weighted by Gasteiger charge is 2.24. The van der Waals surface area contributed by atoms with E-state index in [4.69, 9.17) is 25.7 Å². The zero-order valence-corrected chi connectivity index (χ0v) is 26.9. The van der Waals surface area contributed by atoms with E-state index in [0.29, 0.717) is 36.0 Å². The first kappa shape index (κ1) is 35.6. The van der Waals surface area contributed by atoms with Crippen LogP contribution in [0.3, 0.4) is 0 Å². The number of nitro benzene ring substituents is 1. The fourth-order valence-electron chi connectivity index (χ4n) is 5.28. The fourth-order valence-corrected chi connectivity index (χ4v) is 5.28. The van der Waals surface area contributed by atoms with Gasteiger partial charge >= 0.3 is 0 Å². The Morgan fingerprint density at radius 2 is 1.52 bits per heavy atom. The second kappa shape index (κ2) is 15.9. The second-order valence-corrected chi connectivity index (χ2v) is 10.4. The third-order valence-corrected chi connectivity index (χ3v) is 7.62. The van der Waals surface area contributed by atoms with Crippen molar-refractivity contribution >= 4 is 41.6 Å². The van der Waals surface area contributed by atoms with E-state index in [1.165, 1.54) is 31.2 Å². The summed E-state index contributed by atoms with van der Waals surface area (Å²) in [5.74, 6) is 0.185. The molecule has 46 heavy (non-hydrogen) atoms. The largest absolute Gasteiger partial charge is 0.493 e. The molecule has 1 saturated heterocycles. The van der Waals surface area contributed by atoms with E-state index in [0.717, 1.165) is 37.3 Å². The average molecular weight is 656 g/mol. The molecule has 0 atom stereocenters. The summed E-state index contributed by atoms with van der Waals surface area (Å²) in [7, 11) is 4.76. The smallest absolute Gasteiger partial charge is 0.280 e. The standard InChI is InChI=1S/C31H37N7O7.ClH/c1-19-23(6-5-7-25(19)38(41)42)30(40)34-24-16-20(29(39)35-31(32)33)8-9-21(24)17-36-12-14-37(15-13-36)18-22-10-11-26(43-2)28(45-4)27(22)44-3;/h5-11,16H,12-15,17-18H2,1-4H3,(H,34,40)(H4,32,33,35,39);1H. The van der Waals surface area contributed by atoms with Gasteiger partial charge in [-0.25, -0.2) is 0 Å². The maximum absolute atomic E-state index is 13.3. The fraction of sp³-hybridized carbons (Fsp3) is 0.323. The Labute approximate surface area is 272 Å². The predicted molar refractivity (Wildman–Crippen MR) is 176 cm³/mol. The number of hydrogen-bond acceptors (Lipinski definition) is 9. The van der Waals surface area contributed by atoms with Gasteiger partial charge in [-0.2, -0.15) is 4.99 Å². The molecule has 3 aromatic carbocycles. The van der Waals surface area contributed by atoms with Crippen LogP contribution < -0.4 is 31.0 Å². The number of carbonyl (C=O) groups excluding carboxylic acids is 2. The quantitative estimate of drug-likeness (QED) is 0.119. The maximum atomic E-state index is 13.3. The number of nitrogens with zero attached hydrogens (tertiary/aromatic N) is 4. The van der Waals surface area contributed by atoms with Gasteiger partial charge in [0.2, 0.25) is 5.75 Å². The zero-order valence-electron chi connectivity index (χ0n) is 26.1. The zero-order chi connectivity index (χ0) is 32.7. The molecular weight excluding hydrogens is 618 g/mol. The number of nitrogens with one attached hydrogen (secondary N) is 1. The van der Waals surface area contributed by atoms with Crippen molar-refractivity contribution in [3.63, 3.8) is 0 Å². The molecule has 246 valence electrons. The van der Waals surface area contributed by atoms with Crippen molar-refractivity contribution in [3.05, 3.63) is 86.5 Å². The molecule has 0 spiro atoms. The van der Waals surface area contributed by atoms with Gasteiger partial charge in [-0.3, -0.25) is 29.5 Å². The molecule has 0 aliphatic carbocycles. The molecule has 0 saturated carbocycles. The summed E-state index contributed by atoms with van der Waals surface area (Å²) in [6.45, 7) is 5.67. The van der Waals surface area contributed by atoms with E-state index in [9.17, 15) is 19.7 Å². The van der Waals surface area contributed by atoms with Gasteiger partial charge in [-0.15, -0.1) is 12.4 Å². The van der Waals surface area contributed by atoms with Gasteiger partial charge in [-0.05, 0) is 36.8 Å². The number of aliphatic imine (C=N–C) groups is 1. The van der Waals surface area contributed by atoms with Crippen LogP contribution in [-0.4, -0.2) is 80.0 Å². The number of guanidine groups is 1. The van der Waals surface area contributed by atoms with Gasteiger partial charge in [0.15, 0.2) is 17.5 Å². The lowest BCUT2D eigenvalue weighted by Gasteiger charge is -2.35. The van der Waals surface area contributed by atoms with E-state index in [1.54, 1.807) is 33.5 Å². The molecule has 0 radical (unpaired) electrons. The van der Waals surface area contributed by atoms with Crippen LogP contribution in [0.2, 0.25) is 0 Å². The number of rotatable bonds is 11. The molecule has 1 fully saturated rings. The number of nitro groups is 1. The first-order valence-electron chi connectivity index (χ1n) is 14.1. The average Bonchev–Trinajstić information content (AvgIpc) is 3.01. The van der Waals surface area contributed by atoms with Crippen LogP contribution in [0.5, 0.6) is 17.2 Å². The van der Waals surface area contributed by atoms with Crippen molar-refractivity contribution in [2.24, 2.45) is 16.5 Å². The summed E-state index contributed by atoms with van der Waals surface area (Å²) < 4.78 is 16.6. The first-order valence-corrected chi connectivity index (χ1v) is 14.1. The van der Waals surface area contributed by atoms with Crippen LogP contribution in [0.1, 0.15) is 37.4 Å². The molecule has 3 aromatic rings. The summed E-state index contributed by atoms with van der Waals surface area (Å²) >= 11 is 0. The van der Waals surface area contributed by atoms with Crippen LogP contribution >= 0.6 is 12.4 Å². The third-order valence-electron chi connectivity index (χ3n) is 7.62. The van der Waals surface area contributed by atoms with Gasteiger partial charge < -0.3 is 31.0 Å². The van der Waals surface area contributed by atoms with Crippen molar-refractivity contribution in [2.75, 3.05) is 52.8 Å². The third kappa shape index (κ3) is 8.21. The monoisotopic (exact) mass is 655 g/mol. The van der Waals surface area contributed by atoms with Crippen LogP contribution in [0, 0.1) is 17.0 Å². The van der Waals surface area contributed by atoms with Gasteiger partial charge in [0.05, 0.1) is 26.3 Å². The normalized spacial score (nSPS) is 13.2. The van der Waals surface area contributed by atoms with Gasteiger partial charge in [0.25, 0.3) is 17.5 Å². The maximum Gasteiger partial charge on any atom is 0.280 e. The lowest BCUT2D eigenvalue weighted by atomic mass is 10.0. The molecule has 1 aliphatic rings. The van der Waals surface area contributed by atoms with E-state index in [2.05, 4.69) is 20.1 Å². The SMILES string of the molecule is COc1ccc(CN2CCN(Cc3ccc(C(=O)N=C(N)N)cc3NC(=O)c3cccc([N+](=O)[O-])c3C)CC2)c(OC)c1OC.Cl. The van der Waals surface area contributed by atoms with E-state index < -0.39 is 16.7 Å². The number of carbonyl (C=O) groups is 2. The minimum absolute atomic E-state index is 0. The Hall–Kier alpha value is -4.92. The second-order valence-electron chi connectivity index (χ2n) is 10.4. The van der Waals surface area contributed by atoms with Gasteiger partial charge in [0, 0.05) is 73.3 Å².